The molecule has 5 heteroatoms. The van der Waals surface area contributed by atoms with E-state index in [1.165, 1.54) is 0 Å². The Morgan fingerprint density at radius 1 is 1.53 bits per heavy atom. The molecule has 0 aliphatic heterocycles. The highest BCUT2D eigenvalue weighted by Gasteiger charge is 2.15. The van der Waals surface area contributed by atoms with E-state index < -0.39 is 11.7 Å². The Morgan fingerprint density at radius 2 is 2.26 bits per heavy atom. The zero-order chi connectivity index (χ0) is 14.3. The van der Waals surface area contributed by atoms with Gasteiger partial charge in [0.25, 0.3) is 0 Å². The molecular weight excluding hydrogens is 308 g/mol. The van der Waals surface area contributed by atoms with E-state index in [4.69, 9.17) is 4.74 Å². The van der Waals surface area contributed by atoms with Crippen molar-refractivity contribution < 1.29 is 9.53 Å². The third-order valence-corrected chi connectivity index (χ3v) is 2.35. The first-order valence-electron chi connectivity index (χ1n) is 5.94. The van der Waals surface area contributed by atoms with Gasteiger partial charge in [-0.1, -0.05) is 21.9 Å². The first kappa shape index (κ1) is 15.5. The van der Waals surface area contributed by atoms with Crippen LogP contribution in [0.5, 0.6) is 0 Å². The van der Waals surface area contributed by atoms with Gasteiger partial charge in [-0.25, -0.2) is 9.78 Å². The molecule has 0 aromatic carbocycles. The Bertz CT molecular complexity index is 498. The number of halogens is 1. The highest BCUT2D eigenvalue weighted by molar-refractivity contribution is 9.10. The summed E-state index contributed by atoms with van der Waals surface area (Å²) in [6.45, 7) is 5.93. The molecule has 0 aliphatic rings. The third kappa shape index (κ3) is 7.47. The summed E-state index contributed by atoms with van der Waals surface area (Å²) in [7, 11) is 0. The molecule has 1 aromatic rings. The normalized spacial score (nSPS) is 10.3. The lowest BCUT2D eigenvalue weighted by Gasteiger charge is -2.19. The van der Waals surface area contributed by atoms with Crippen LogP contribution >= 0.6 is 15.9 Å². The number of hydrogen-bond acceptors (Lipinski definition) is 3. The van der Waals surface area contributed by atoms with Crippen molar-refractivity contribution in [3.05, 3.63) is 28.5 Å². The first-order valence-corrected chi connectivity index (χ1v) is 6.73. The van der Waals surface area contributed by atoms with Crippen molar-refractivity contribution in [2.75, 3.05) is 6.54 Å². The summed E-state index contributed by atoms with van der Waals surface area (Å²) < 4.78 is 6.04. The van der Waals surface area contributed by atoms with Crippen LogP contribution in [-0.4, -0.2) is 23.2 Å². The number of alkyl carbamates (subject to hydrolysis) is 1. The van der Waals surface area contributed by atoms with E-state index >= 15 is 0 Å². The molecule has 0 radical (unpaired) electrons. The fraction of sp³-hybridized carbons (Fsp3) is 0.429. The minimum atomic E-state index is -0.476. The van der Waals surface area contributed by atoms with Gasteiger partial charge < -0.3 is 10.1 Å². The number of nitrogens with zero attached hydrogens (tertiary/aromatic N) is 1. The minimum Gasteiger partial charge on any atom is -0.444 e. The number of carbonyl (C=O) groups excluding carboxylic acids is 1. The van der Waals surface area contributed by atoms with Gasteiger partial charge >= 0.3 is 6.09 Å². The molecular formula is C14H17BrN2O2. The van der Waals surface area contributed by atoms with Crippen LogP contribution in [0.3, 0.4) is 0 Å². The van der Waals surface area contributed by atoms with Gasteiger partial charge in [-0.05, 0) is 38.8 Å². The molecule has 0 aliphatic carbocycles. The van der Waals surface area contributed by atoms with E-state index in [1.807, 2.05) is 32.9 Å². The number of carbonyl (C=O) groups is 1. The second-order valence-electron chi connectivity index (χ2n) is 4.84. The molecule has 0 fully saturated rings. The van der Waals surface area contributed by atoms with Crippen molar-refractivity contribution in [3.8, 4) is 11.8 Å². The van der Waals surface area contributed by atoms with Crippen LogP contribution in [-0.2, 0) is 4.74 Å². The second kappa shape index (κ2) is 7.15. The number of aromatic nitrogens is 1. The highest BCUT2D eigenvalue weighted by atomic mass is 79.9. The number of pyridine rings is 1. The van der Waals surface area contributed by atoms with Crippen molar-refractivity contribution in [2.24, 2.45) is 0 Å². The summed E-state index contributed by atoms with van der Waals surface area (Å²) in [5.41, 5.74) is 0.224. The first-order chi connectivity index (χ1) is 8.87. The molecule has 1 aromatic heterocycles. The van der Waals surface area contributed by atoms with Crippen LogP contribution < -0.4 is 5.32 Å². The molecule has 4 nitrogen and oxygen atoms in total. The Kier molecular flexibility index (Phi) is 5.84. The summed E-state index contributed by atoms with van der Waals surface area (Å²) >= 11 is 3.35. The number of hydrogen-bond donors (Lipinski definition) is 1. The van der Waals surface area contributed by atoms with Crippen LogP contribution in [0.1, 0.15) is 32.9 Å². The predicted molar refractivity (Wildman–Crippen MR) is 77.7 cm³/mol. The molecule has 1 amide bonds. The van der Waals surface area contributed by atoms with Gasteiger partial charge in [-0.3, -0.25) is 0 Å². The SMILES string of the molecule is CC(C)(C)OC(=O)NCCC#Cc1cc(Br)ccn1. The van der Waals surface area contributed by atoms with Gasteiger partial charge in [-0.2, -0.15) is 0 Å². The molecule has 1 rings (SSSR count). The molecule has 102 valence electrons. The summed E-state index contributed by atoms with van der Waals surface area (Å²) in [6.07, 6.45) is 1.82. The number of rotatable bonds is 2. The summed E-state index contributed by atoms with van der Waals surface area (Å²) in [5.74, 6) is 5.87. The largest absolute Gasteiger partial charge is 0.444 e. The van der Waals surface area contributed by atoms with E-state index in [1.54, 1.807) is 6.20 Å². The standard InChI is InChI=1S/C14H17BrN2O2/c1-14(2,3)19-13(18)17-8-5-4-6-12-10-11(15)7-9-16-12/h7,9-10H,5,8H2,1-3H3,(H,17,18). The summed E-state index contributed by atoms with van der Waals surface area (Å²) in [6, 6.07) is 3.68. The van der Waals surface area contributed by atoms with Gasteiger partial charge in [0.15, 0.2) is 0 Å². The molecule has 0 saturated carbocycles. The lowest BCUT2D eigenvalue weighted by molar-refractivity contribution is 0.0529. The average Bonchev–Trinajstić information content (AvgIpc) is 2.26. The topological polar surface area (TPSA) is 51.2 Å². The van der Waals surface area contributed by atoms with Crippen LogP contribution in [0.25, 0.3) is 0 Å². The van der Waals surface area contributed by atoms with Gasteiger partial charge in [0.05, 0.1) is 0 Å². The molecule has 0 bridgehead atoms. The summed E-state index contributed by atoms with van der Waals surface area (Å²) in [5, 5.41) is 2.64. The minimum absolute atomic E-state index is 0.421. The van der Waals surface area contributed by atoms with Gasteiger partial charge in [0, 0.05) is 23.6 Å². The fourth-order valence-corrected chi connectivity index (χ4v) is 1.50. The van der Waals surface area contributed by atoms with E-state index in [-0.39, 0.29) is 0 Å². The smallest absolute Gasteiger partial charge is 0.407 e. The maximum Gasteiger partial charge on any atom is 0.407 e. The van der Waals surface area contributed by atoms with Crippen LogP contribution in [0.15, 0.2) is 22.8 Å². The molecule has 0 spiro atoms. The Labute approximate surface area is 122 Å². The van der Waals surface area contributed by atoms with Gasteiger partial charge in [0.1, 0.15) is 11.3 Å². The third-order valence-electron chi connectivity index (χ3n) is 1.86. The van der Waals surface area contributed by atoms with Crippen molar-refractivity contribution in [2.45, 2.75) is 32.8 Å². The van der Waals surface area contributed by atoms with Crippen molar-refractivity contribution >= 4 is 22.0 Å². The van der Waals surface area contributed by atoms with Gasteiger partial charge in [-0.15, -0.1) is 0 Å². The maximum absolute atomic E-state index is 11.3. The summed E-state index contributed by atoms with van der Waals surface area (Å²) in [4.78, 5) is 15.4. The molecule has 19 heavy (non-hydrogen) atoms. The van der Waals surface area contributed by atoms with Crippen molar-refractivity contribution in [1.29, 1.82) is 0 Å². The maximum atomic E-state index is 11.3. The van der Waals surface area contributed by atoms with E-state index in [2.05, 4.69) is 38.1 Å². The number of ether oxygens (including phenoxy) is 1. The fourth-order valence-electron chi connectivity index (χ4n) is 1.17. The van der Waals surface area contributed by atoms with Crippen molar-refractivity contribution in [3.63, 3.8) is 0 Å². The van der Waals surface area contributed by atoms with Crippen LogP contribution in [0.2, 0.25) is 0 Å². The molecule has 1 N–H and O–H groups in total. The zero-order valence-electron chi connectivity index (χ0n) is 11.3. The zero-order valence-corrected chi connectivity index (χ0v) is 12.9. The number of nitrogens with one attached hydrogen (secondary N) is 1. The van der Waals surface area contributed by atoms with E-state index in [9.17, 15) is 4.79 Å². The quantitative estimate of drug-likeness (QED) is 0.671. The molecule has 1 heterocycles. The Balaban J connectivity index is 2.30. The molecule has 0 atom stereocenters. The predicted octanol–water partition coefficient (Wildman–Crippen LogP) is 3.11. The Morgan fingerprint density at radius 3 is 2.89 bits per heavy atom. The molecule has 0 saturated heterocycles. The lowest BCUT2D eigenvalue weighted by Crippen LogP contribution is -2.32. The van der Waals surface area contributed by atoms with E-state index in [0.717, 1.165) is 4.47 Å². The second-order valence-corrected chi connectivity index (χ2v) is 5.76. The van der Waals surface area contributed by atoms with Crippen molar-refractivity contribution in [1.82, 2.24) is 10.3 Å². The van der Waals surface area contributed by atoms with Crippen LogP contribution in [0.4, 0.5) is 4.79 Å². The lowest BCUT2D eigenvalue weighted by atomic mass is 10.2. The monoisotopic (exact) mass is 324 g/mol. The average molecular weight is 325 g/mol. The molecule has 0 unspecified atom stereocenters. The van der Waals surface area contributed by atoms with Gasteiger partial charge in [0.2, 0.25) is 0 Å². The Hall–Kier alpha value is -1.54. The van der Waals surface area contributed by atoms with Crippen LogP contribution in [0, 0.1) is 11.8 Å². The number of amides is 1. The highest BCUT2D eigenvalue weighted by Crippen LogP contribution is 2.08. The van der Waals surface area contributed by atoms with E-state index in [0.29, 0.717) is 18.7 Å².